The first-order valence-corrected chi connectivity index (χ1v) is 8.68. The van der Waals surface area contributed by atoms with Gasteiger partial charge in [-0.15, -0.1) is 0 Å². The maximum Gasteiger partial charge on any atom is 0.240 e. The van der Waals surface area contributed by atoms with Crippen LogP contribution in [0.5, 0.6) is 0 Å². The smallest absolute Gasteiger partial charge is 0.240 e. The van der Waals surface area contributed by atoms with E-state index in [0.717, 1.165) is 6.54 Å². The molecule has 0 aliphatic rings. The predicted molar refractivity (Wildman–Crippen MR) is 95.4 cm³/mol. The molecule has 1 unspecified atom stereocenters. The number of carbonyl (C=O) groups is 3. The van der Waals surface area contributed by atoms with E-state index in [1.807, 2.05) is 7.05 Å². The quantitative estimate of drug-likeness (QED) is 0.218. The molecule has 0 radical (unpaired) electrons. The molecule has 0 rings (SSSR count). The number of primary amides is 1. The number of amides is 3. The van der Waals surface area contributed by atoms with Crippen LogP contribution in [0.15, 0.2) is 0 Å². The van der Waals surface area contributed by atoms with Crippen LogP contribution in [0.1, 0.15) is 19.8 Å². The number of ether oxygens (including phenoxy) is 3. The van der Waals surface area contributed by atoms with Crippen molar-refractivity contribution in [2.75, 3.05) is 59.8 Å². The van der Waals surface area contributed by atoms with Crippen molar-refractivity contribution in [3.8, 4) is 0 Å². The first-order valence-electron chi connectivity index (χ1n) is 8.68. The predicted octanol–water partition coefficient (Wildman–Crippen LogP) is -1.86. The minimum Gasteiger partial charge on any atom is -0.379 e. The van der Waals surface area contributed by atoms with Gasteiger partial charge in [-0.2, -0.15) is 0 Å². The molecule has 0 aliphatic heterocycles. The molecule has 1 atom stereocenters. The van der Waals surface area contributed by atoms with Crippen molar-refractivity contribution in [1.29, 1.82) is 0 Å². The van der Waals surface area contributed by atoms with Gasteiger partial charge in [-0.05, 0) is 13.5 Å². The molecule has 0 aromatic carbocycles. The third-order valence-electron chi connectivity index (χ3n) is 3.19. The van der Waals surface area contributed by atoms with Crippen molar-refractivity contribution >= 4 is 17.7 Å². The Morgan fingerprint density at radius 3 is 2.04 bits per heavy atom. The van der Waals surface area contributed by atoms with Crippen LogP contribution in [0.25, 0.3) is 0 Å². The highest BCUT2D eigenvalue weighted by Gasteiger charge is 2.15. The zero-order chi connectivity index (χ0) is 19.6. The third kappa shape index (κ3) is 15.8. The second-order valence-electron chi connectivity index (χ2n) is 5.48. The zero-order valence-corrected chi connectivity index (χ0v) is 15.7. The maximum atomic E-state index is 11.6. The first kappa shape index (κ1) is 24.2. The molecule has 0 saturated carbocycles. The minimum absolute atomic E-state index is 0.199. The third-order valence-corrected chi connectivity index (χ3v) is 3.19. The van der Waals surface area contributed by atoms with Crippen LogP contribution in [0, 0.1) is 0 Å². The molecule has 10 nitrogen and oxygen atoms in total. The van der Waals surface area contributed by atoms with E-state index in [-0.39, 0.29) is 37.8 Å². The Morgan fingerprint density at radius 1 is 0.923 bits per heavy atom. The fourth-order valence-corrected chi connectivity index (χ4v) is 1.86. The molecule has 0 aromatic rings. The molecule has 152 valence electrons. The van der Waals surface area contributed by atoms with Crippen molar-refractivity contribution < 1.29 is 28.6 Å². The average molecular weight is 376 g/mol. The molecule has 0 aliphatic carbocycles. The van der Waals surface area contributed by atoms with Crippen LogP contribution >= 0.6 is 0 Å². The second-order valence-corrected chi connectivity index (χ2v) is 5.48. The molecule has 0 aromatic heterocycles. The number of rotatable bonds is 17. The van der Waals surface area contributed by atoms with E-state index in [2.05, 4.69) is 16.0 Å². The fraction of sp³-hybridized carbons (Fsp3) is 0.812. The number of hydrogen-bond acceptors (Lipinski definition) is 7. The molecule has 0 saturated heterocycles. The Balaban J connectivity index is 3.49. The van der Waals surface area contributed by atoms with Gasteiger partial charge >= 0.3 is 0 Å². The Bertz CT molecular complexity index is 408. The SMILES string of the molecule is CNCCOCCOCCOCCC(=O)NCCC(NC(C)=O)C(N)=O. The lowest BCUT2D eigenvalue weighted by molar-refractivity contribution is -0.126. The zero-order valence-electron chi connectivity index (χ0n) is 15.7. The summed E-state index contributed by atoms with van der Waals surface area (Å²) in [6.07, 6.45) is 0.445. The highest BCUT2D eigenvalue weighted by molar-refractivity contribution is 5.85. The highest BCUT2D eigenvalue weighted by Crippen LogP contribution is 1.91. The van der Waals surface area contributed by atoms with Gasteiger partial charge < -0.3 is 35.9 Å². The summed E-state index contributed by atoms with van der Waals surface area (Å²) in [7, 11) is 1.86. The van der Waals surface area contributed by atoms with Crippen molar-refractivity contribution in [3.05, 3.63) is 0 Å². The number of carbonyl (C=O) groups excluding carboxylic acids is 3. The Labute approximate surface area is 154 Å². The highest BCUT2D eigenvalue weighted by atomic mass is 16.5. The van der Waals surface area contributed by atoms with E-state index in [1.165, 1.54) is 6.92 Å². The summed E-state index contributed by atoms with van der Waals surface area (Å²) in [6.45, 7) is 5.15. The van der Waals surface area contributed by atoms with Gasteiger partial charge in [0.15, 0.2) is 0 Å². The minimum atomic E-state index is -0.789. The molecule has 3 amide bonds. The molecule has 0 heterocycles. The van der Waals surface area contributed by atoms with Crippen LogP contribution < -0.4 is 21.7 Å². The fourth-order valence-electron chi connectivity index (χ4n) is 1.86. The lowest BCUT2D eigenvalue weighted by Crippen LogP contribution is -2.45. The Kier molecular flexibility index (Phi) is 15.6. The summed E-state index contributed by atoms with van der Waals surface area (Å²) < 4.78 is 15.9. The van der Waals surface area contributed by atoms with Crippen LogP contribution in [0.3, 0.4) is 0 Å². The molecule has 0 spiro atoms. The van der Waals surface area contributed by atoms with E-state index in [9.17, 15) is 14.4 Å². The summed E-state index contributed by atoms with van der Waals surface area (Å²) >= 11 is 0. The van der Waals surface area contributed by atoms with Gasteiger partial charge in [0.2, 0.25) is 17.7 Å². The van der Waals surface area contributed by atoms with Gasteiger partial charge in [-0.25, -0.2) is 0 Å². The van der Waals surface area contributed by atoms with E-state index in [4.69, 9.17) is 19.9 Å². The molecular formula is C16H32N4O6. The lowest BCUT2D eigenvalue weighted by atomic mass is 10.2. The molecular weight excluding hydrogens is 344 g/mol. The van der Waals surface area contributed by atoms with E-state index < -0.39 is 11.9 Å². The number of likely N-dealkylation sites (N-methyl/N-ethyl adjacent to an activating group) is 1. The topological polar surface area (TPSA) is 141 Å². The first-order chi connectivity index (χ1) is 12.5. The van der Waals surface area contributed by atoms with Crippen molar-refractivity contribution in [1.82, 2.24) is 16.0 Å². The van der Waals surface area contributed by atoms with E-state index in [1.54, 1.807) is 0 Å². The van der Waals surface area contributed by atoms with Gasteiger partial charge in [0.25, 0.3) is 0 Å². The summed E-state index contributed by atoms with van der Waals surface area (Å²) in [6, 6.07) is -0.789. The van der Waals surface area contributed by atoms with Crippen molar-refractivity contribution in [2.24, 2.45) is 5.73 Å². The average Bonchev–Trinajstić information content (AvgIpc) is 2.58. The lowest BCUT2D eigenvalue weighted by Gasteiger charge is -2.14. The summed E-state index contributed by atoms with van der Waals surface area (Å²) in [5, 5.41) is 8.05. The van der Waals surface area contributed by atoms with Crippen molar-refractivity contribution in [2.45, 2.75) is 25.8 Å². The standard InChI is InChI=1S/C16H32N4O6/c1-13(21)20-14(16(17)23)3-5-19-15(22)4-7-24-9-11-26-12-10-25-8-6-18-2/h14,18H,3-12H2,1-2H3,(H2,17,23)(H,19,22)(H,20,21). The molecule has 5 N–H and O–H groups in total. The summed E-state index contributed by atoms with van der Waals surface area (Å²) in [5.74, 6) is -1.18. The maximum absolute atomic E-state index is 11.6. The number of hydrogen-bond donors (Lipinski definition) is 4. The van der Waals surface area contributed by atoms with Crippen LogP contribution in [-0.4, -0.2) is 83.5 Å². The number of nitrogens with one attached hydrogen (secondary N) is 3. The van der Waals surface area contributed by atoms with Gasteiger partial charge in [0, 0.05) is 26.4 Å². The van der Waals surface area contributed by atoms with Gasteiger partial charge in [0.1, 0.15) is 6.04 Å². The number of nitrogens with two attached hydrogens (primary N) is 1. The van der Waals surface area contributed by atoms with Gasteiger partial charge in [-0.1, -0.05) is 0 Å². The Hall–Kier alpha value is -1.75. The molecule has 26 heavy (non-hydrogen) atoms. The normalized spacial score (nSPS) is 11.8. The largest absolute Gasteiger partial charge is 0.379 e. The molecule has 0 bridgehead atoms. The molecule has 0 fully saturated rings. The summed E-state index contributed by atoms with van der Waals surface area (Å²) in [5.41, 5.74) is 5.17. The second kappa shape index (κ2) is 16.7. The van der Waals surface area contributed by atoms with E-state index in [0.29, 0.717) is 33.0 Å². The van der Waals surface area contributed by atoms with Gasteiger partial charge in [0.05, 0.1) is 39.6 Å². The van der Waals surface area contributed by atoms with Crippen LogP contribution in [0.4, 0.5) is 0 Å². The van der Waals surface area contributed by atoms with Crippen LogP contribution in [0.2, 0.25) is 0 Å². The molecule has 10 heteroatoms. The van der Waals surface area contributed by atoms with E-state index >= 15 is 0 Å². The summed E-state index contributed by atoms with van der Waals surface area (Å²) in [4.78, 5) is 33.7. The Morgan fingerprint density at radius 2 is 1.50 bits per heavy atom. The van der Waals surface area contributed by atoms with Crippen molar-refractivity contribution in [3.63, 3.8) is 0 Å². The monoisotopic (exact) mass is 376 g/mol. The van der Waals surface area contributed by atoms with Gasteiger partial charge in [-0.3, -0.25) is 14.4 Å². The van der Waals surface area contributed by atoms with Crippen LogP contribution in [-0.2, 0) is 28.6 Å².